The van der Waals surface area contributed by atoms with E-state index < -0.39 is 54.2 Å². The Bertz CT molecular complexity index is 1890. The molecule has 278 valence electrons. The van der Waals surface area contributed by atoms with Gasteiger partial charge in [-0.05, 0) is 49.7 Å². The molecule has 1 aliphatic heterocycles. The van der Waals surface area contributed by atoms with E-state index in [1.807, 2.05) is 75.4 Å². The first kappa shape index (κ1) is 37.4. The molecule has 3 aromatic rings. The van der Waals surface area contributed by atoms with E-state index in [2.05, 4.69) is 17.2 Å². The minimum absolute atomic E-state index is 0.0181. The van der Waals surface area contributed by atoms with E-state index in [0.29, 0.717) is 28.1 Å². The zero-order chi connectivity index (χ0) is 37.4. The predicted octanol–water partition coefficient (Wildman–Crippen LogP) is 6.26. The summed E-state index contributed by atoms with van der Waals surface area (Å²) in [7, 11) is -2.23. The number of likely N-dealkylation sites (tertiary alicyclic amines) is 1. The number of nitrogens with zero attached hydrogens (tertiary/aromatic N) is 2. The number of ether oxygens (including phenoxy) is 3. The highest BCUT2D eigenvalue weighted by Gasteiger charge is 2.64. The van der Waals surface area contributed by atoms with Crippen molar-refractivity contribution in [3.05, 3.63) is 67.3 Å². The van der Waals surface area contributed by atoms with Gasteiger partial charge < -0.3 is 34.6 Å². The van der Waals surface area contributed by atoms with Crippen LogP contribution in [0.2, 0.25) is 0 Å². The van der Waals surface area contributed by atoms with Crippen LogP contribution in [0.25, 0.3) is 22.2 Å². The van der Waals surface area contributed by atoms with Gasteiger partial charge in [-0.15, -0.1) is 6.58 Å². The summed E-state index contributed by atoms with van der Waals surface area (Å²) in [5.41, 5.74) is 1.43. The first-order valence-electron chi connectivity index (χ1n) is 17.9. The summed E-state index contributed by atoms with van der Waals surface area (Å²) in [5.74, 6) is -0.308. The molecule has 1 aromatic heterocycles. The number of aromatic nitrogens is 1. The second-order valence-corrected chi connectivity index (χ2v) is 17.9. The molecule has 6 rings (SSSR count). The Balaban J connectivity index is 1.33. The molecule has 0 spiro atoms. The first-order valence-corrected chi connectivity index (χ1v) is 20.0. The second-order valence-electron chi connectivity index (χ2n) is 15.3. The maximum Gasteiger partial charge on any atom is 0.408 e. The highest BCUT2D eigenvalue weighted by molar-refractivity contribution is 7.59. The summed E-state index contributed by atoms with van der Waals surface area (Å²) < 4.78 is 30.9. The van der Waals surface area contributed by atoms with Crippen LogP contribution in [0.15, 0.2) is 67.3 Å². The van der Waals surface area contributed by atoms with Gasteiger partial charge in [-0.25, -0.2) is 9.78 Å². The molecule has 13 heteroatoms. The lowest BCUT2D eigenvalue weighted by atomic mass is 9.85. The molecule has 0 bridgehead atoms. The van der Waals surface area contributed by atoms with Gasteiger partial charge in [0, 0.05) is 42.1 Å². The molecule has 3 fully saturated rings. The van der Waals surface area contributed by atoms with Crippen LogP contribution in [0.1, 0.15) is 59.3 Å². The second kappa shape index (κ2) is 14.5. The molecule has 52 heavy (non-hydrogen) atoms. The quantitative estimate of drug-likeness (QED) is 0.153. The van der Waals surface area contributed by atoms with Crippen molar-refractivity contribution in [1.82, 2.24) is 20.5 Å². The van der Waals surface area contributed by atoms with Crippen molar-refractivity contribution in [1.29, 1.82) is 0 Å². The Morgan fingerprint density at radius 3 is 2.42 bits per heavy atom. The molecule has 2 saturated carbocycles. The predicted molar refractivity (Wildman–Crippen MR) is 198 cm³/mol. The molecule has 1 unspecified atom stereocenters. The largest absolute Gasteiger partial charge is 0.497 e. The molecule has 6 atom stereocenters. The summed E-state index contributed by atoms with van der Waals surface area (Å²) >= 11 is 0. The fourth-order valence-corrected chi connectivity index (χ4v) is 8.99. The van der Waals surface area contributed by atoms with Crippen LogP contribution in [0.4, 0.5) is 4.79 Å². The molecule has 3 aliphatic rings. The Labute approximate surface area is 304 Å². The third-order valence-electron chi connectivity index (χ3n) is 10.5. The smallest absolute Gasteiger partial charge is 0.408 e. The first-order chi connectivity index (χ1) is 24.6. The molecule has 3 N–H and O–H groups in total. The number of benzene rings is 2. The third-order valence-corrected chi connectivity index (χ3v) is 12.6. The number of alkyl carbamates (subject to hydrolysis) is 1. The lowest BCUT2D eigenvalue weighted by molar-refractivity contribution is -0.142. The van der Waals surface area contributed by atoms with Gasteiger partial charge in [0.15, 0.2) is 0 Å². The number of amides is 3. The number of carbonyl (C=O) groups is 3. The summed E-state index contributed by atoms with van der Waals surface area (Å²) in [4.78, 5) is 58.9. The minimum atomic E-state index is -3.81. The molecule has 2 aliphatic carbocycles. The van der Waals surface area contributed by atoms with Crippen LogP contribution < -0.4 is 20.1 Å². The Morgan fingerprint density at radius 1 is 1.10 bits per heavy atom. The Kier molecular flexibility index (Phi) is 10.4. The highest BCUT2D eigenvalue weighted by Crippen LogP contribution is 2.67. The maximum atomic E-state index is 14.6. The average molecular weight is 733 g/mol. The number of pyridine rings is 1. The van der Waals surface area contributed by atoms with E-state index >= 15 is 0 Å². The molecule has 0 radical (unpaired) electrons. The van der Waals surface area contributed by atoms with Gasteiger partial charge in [0.1, 0.15) is 41.1 Å². The van der Waals surface area contributed by atoms with E-state index in [9.17, 15) is 23.8 Å². The van der Waals surface area contributed by atoms with Crippen molar-refractivity contribution in [3.63, 3.8) is 0 Å². The number of methoxy groups -OCH3 is 1. The van der Waals surface area contributed by atoms with Crippen LogP contribution >= 0.6 is 7.37 Å². The van der Waals surface area contributed by atoms with Crippen molar-refractivity contribution in [2.45, 2.75) is 88.9 Å². The fraction of sp³-hybridized carbons (Fsp3) is 0.487. The summed E-state index contributed by atoms with van der Waals surface area (Å²) in [5, 5.41) is 5.01. The monoisotopic (exact) mass is 732 g/mol. The number of fused-ring (bicyclic) bond motifs is 1. The molecule has 2 heterocycles. The van der Waals surface area contributed by atoms with Crippen molar-refractivity contribution in [3.8, 4) is 22.8 Å². The van der Waals surface area contributed by atoms with E-state index in [-0.39, 0.29) is 31.4 Å². The molecule has 3 amide bonds. The van der Waals surface area contributed by atoms with Gasteiger partial charge >= 0.3 is 6.09 Å². The van der Waals surface area contributed by atoms with Crippen molar-refractivity contribution < 1.29 is 38.1 Å². The molecular formula is C39H49N4O8P. The third kappa shape index (κ3) is 7.69. The van der Waals surface area contributed by atoms with Crippen molar-refractivity contribution in [2.24, 2.45) is 11.3 Å². The fourth-order valence-electron chi connectivity index (χ4n) is 7.41. The van der Waals surface area contributed by atoms with Crippen molar-refractivity contribution in [2.75, 3.05) is 20.3 Å². The highest BCUT2D eigenvalue weighted by atomic mass is 31.2. The maximum absolute atomic E-state index is 14.6. The van der Waals surface area contributed by atoms with Gasteiger partial charge in [-0.2, -0.15) is 0 Å². The normalized spacial score (nSPS) is 24.8. The van der Waals surface area contributed by atoms with Crippen LogP contribution in [-0.4, -0.2) is 82.6 Å². The molecule has 1 saturated heterocycles. The Hall–Kier alpha value is -4.41. The molecular weight excluding hydrogens is 683 g/mol. The van der Waals surface area contributed by atoms with Crippen LogP contribution in [0.5, 0.6) is 11.5 Å². The number of nitrogens with one attached hydrogen (secondary N) is 2. The van der Waals surface area contributed by atoms with E-state index in [1.54, 1.807) is 13.2 Å². The topological polar surface area (TPSA) is 156 Å². The Morgan fingerprint density at radius 2 is 1.81 bits per heavy atom. The SMILES string of the molecule is C=C[C@@H]1C[C@]1(NC(=O)[C@@H]1C[C@@H](Oc2cc(-c3ccccc3)nc3cc(OC)ccc23)CN1C(=O)[C@@H](NC(=O)OC1CCCC1)C(C)(C)C)P(C)(=O)O. The van der Waals surface area contributed by atoms with Crippen LogP contribution in [-0.2, 0) is 18.9 Å². The zero-order valence-electron chi connectivity index (χ0n) is 30.5. The minimum Gasteiger partial charge on any atom is -0.497 e. The number of hydrogen-bond acceptors (Lipinski definition) is 8. The van der Waals surface area contributed by atoms with E-state index in [4.69, 9.17) is 19.2 Å². The molecule has 2 aromatic carbocycles. The lowest BCUT2D eigenvalue weighted by Crippen LogP contribution is -2.58. The van der Waals surface area contributed by atoms with Gasteiger partial charge in [0.2, 0.25) is 19.2 Å². The van der Waals surface area contributed by atoms with Crippen molar-refractivity contribution >= 4 is 36.2 Å². The number of hydrogen-bond donors (Lipinski definition) is 3. The van der Waals surface area contributed by atoms with Gasteiger partial charge in [0.25, 0.3) is 0 Å². The standard InChI is InChI=1S/C39H49N4O8P/c1-7-25-22-39(25,52(6,47)48)42-35(44)32-20-28(23-43(32)36(45)34(38(2,3)4)41-37(46)51-26-15-11-12-16-26)50-33-21-30(24-13-9-8-10-14-24)40-31-19-27(49-5)17-18-29(31)33/h7-10,13-14,17-19,21,25-26,28,32,34H,1,11-12,15-16,20,22-23H2,2-6H3,(H,41,46)(H,42,44)(H,47,48)/t25-,28-,32+,34-,39+/m1/s1. The number of rotatable bonds is 11. The lowest BCUT2D eigenvalue weighted by Gasteiger charge is -2.35. The number of carbonyl (C=O) groups excluding carboxylic acids is 3. The molecule has 12 nitrogen and oxygen atoms in total. The van der Waals surface area contributed by atoms with Gasteiger partial charge in [-0.1, -0.05) is 57.2 Å². The summed E-state index contributed by atoms with van der Waals surface area (Å²) in [6.45, 7) is 10.5. The average Bonchev–Trinajstić information content (AvgIpc) is 3.37. The van der Waals surface area contributed by atoms with E-state index in [0.717, 1.165) is 31.2 Å². The van der Waals surface area contributed by atoms with Crippen LogP contribution in [0.3, 0.4) is 0 Å². The zero-order valence-corrected chi connectivity index (χ0v) is 31.4. The van der Waals surface area contributed by atoms with E-state index in [1.165, 1.54) is 11.6 Å². The van der Waals surface area contributed by atoms with Gasteiger partial charge in [-0.3, -0.25) is 14.2 Å². The summed E-state index contributed by atoms with van der Waals surface area (Å²) in [6, 6.07) is 14.9. The van der Waals surface area contributed by atoms with Crippen LogP contribution in [0, 0.1) is 11.3 Å². The summed E-state index contributed by atoms with van der Waals surface area (Å²) in [6.07, 6.45) is 3.89. The van der Waals surface area contributed by atoms with Gasteiger partial charge in [0.05, 0.1) is 24.9 Å².